The summed E-state index contributed by atoms with van der Waals surface area (Å²) in [5, 5.41) is 14.6. The van der Waals surface area contributed by atoms with Crippen molar-refractivity contribution >= 4 is 17.5 Å². The van der Waals surface area contributed by atoms with Gasteiger partial charge in [-0.1, -0.05) is 0 Å². The molecule has 2 amide bonds. The van der Waals surface area contributed by atoms with Gasteiger partial charge in [-0.05, 0) is 64.3 Å². The molecule has 0 spiro atoms. The summed E-state index contributed by atoms with van der Waals surface area (Å²) in [6.45, 7) is 6.40. The molecule has 1 aliphatic heterocycles. The molecule has 0 unspecified atom stereocenters. The largest absolute Gasteiger partial charge is 0.345 e. The van der Waals surface area contributed by atoms with Crippen molar-refractivity contribution in [3.8, 4) is 6.07 Å². The van der Waals surface area contributed by atoms with E-state index in [9.17, 15) is 9.59 Å². The molecule has 0 saturated carbocycles. The number of anilines is 1. The highest BCUT2D eigenvalue weighted by atomic mass is 16.2. The van der Waals surface area contributed by atoms with Crippen molar-refractivity contribution in [1.29, 1.82) is 5.26 Å². The molecule has 0 radical (unpaired) electrons. The number of fused-ring (bicyclic) bond motifs is 1. The second kappa shape index (κ2) is 7.23. The predicted octanol–water partition coefficient (Wildman–Crippen LogP) is 2.87. The van der Waals surface area contributed by atoms with Crippen LogP contribution in [-0.2, 0) is 13.0 Å². The Hall–Kier alpha value is -3.14. The zero-order chi connectivity index (χ0) is 19.6. The standard InChI is InChI=1S/C20H23N5O2/c1-20(2,3)24-19(27)17-23-16(15-6-4-5-11-25(15)17)18(26)22-14-9-7-13(12-21)8-10-14/h7-10H,4-6,11H2,1-3H3,(H,22,26)(H,24,27). The highest BCUT2D eigenvalue weighted by molar-refractivity contribution is 6.05. The van der Waals surface area contributed by atoms with Gasteiger partial charge in [0.05, 0.1) is 17.3 Å². The van der Waals surface area contributed by atoms with Crippen LogP contribution in [0.15, 0.2) is 24.3 Å². The maximum atomic E-state index is 12.8. The van der Waals surface area contributed by atoms with Crippen LogP contribution in [0.5, 0.6) is 0 Å². The maximum absolute atomic E-state index is 12.8. The molecule has 3 rings (SSSR count). The van der Waals surface area contributed by atoms with E-state index in [1.807, 2.05) is 31.4 Å². The molecular weight excluding hydrogens is 342 g/mol. The second-order valence-electron chi connectivity index (χ2n) is 7.69. The Kier molecular flexibility index (Phi) is 5.00. The average molecular weight is 365 g/mol. The summed E-state index contributed by atoms with van der Waals surface area (Å²) >= 11 is 0. The molecule has 140 valence electrons. The molecule has 2 aromatic rings. The van der Waals surface area contributed by atoms with Crippen LogP contribution in [0.25, 0.3) is 0 Å². The van der Waals surface area contributed by atoms with Gasteiger partial charge in [0, 0.05) is 17.8 Å². The maximum Gasteiger partial charge on any atom is 0.287 e. The van der Waals surface area contributed by atoms with Crippen LogP contribution in [0.2, 0.25) is 0 Å². The number of nitrogens with zero attached hydrogens (tertiary/aromatic N) is 3. The Balaban J connectivity index is 1.89. The Bertz CT molecular complexity index is 914. The number of amides is 2. The van der Waals surface area contributed by atoms with Gasteiger partial charge < -0.3 is 15.2 Å². The van der Waals surface area contributed by atoms with Gasteiger partial charge in [-0.15, -0.1) is 0 Å². The first kappa shape index (κ1) is 18.6. The number of carbonyl (C=O) groups excluding carboxylic acids is 2. The summed E-state index contributed by atoms with van der Waals surface area (Å²) in [6.07, 6.45) is 2.63. The van der Waals surface area contributed by atoms with E-state index >= 15 is 0 Å². The smallest absolute Gasteiger partial charge is 0.287 e. The topological polar surface area (TPSA) is 99.8 Å². The van der Waals surface area contributed by atoms with Crippen molar-refractivity contribution in [2.24, 2.45) is 0 Å². The molecule has 1 aromatic heterocycles. The lowest BCUT2D eigenvalue weighted by atomic mass is 10.1. The Morgan fingerprint density at radius 3 is 2.48 bits per heavy atom. The van der Waals surface area contributed by atoms with Crippen LogP contribution in [-0.4, -0.2) is 26.9 Å². The summed E-state index contributed by atoms with van der Waals surface area (Å²) in [6, 6.07) is 8.67. The van der Waals surface area contributed by atoms with E-state index in [4.69, 9.17) is 5.26 Å². The fourth-order valence-corrected chi connectivity index (χ4v) is 3.11. The van der Waals surface area contributed by atoms with Crippen molar-refractivity contribution in [3.05, 3.63) is 47.0 Å². The van der Waals surface area contributed by atoms with Gasteiger partial charge in [0.25, 0.3) is 11.8 Å². The van der Waals surface area contributed by atoms with Gasteiger partial charge in [-0.2, -0.15) is 5.26 Å². The lowest BCUT2D eigenvalue weighted by molar-refractivity contribution is 0.0903. The van der Waals surface area contributed by atoms with E-state index in [1.54, 1.807) is 24.3 Å². The van der Waals surface area contributed by atoms with Crippen LogP contribution in [0.1, 0.15) is 66.0 Å². The van der Waals surface area contributed by atoms with E-state index in [2.05, 4.69) is 15.6 Å². The molecule has 0 aliphatic carbocycles. The van der Waals surface area contributed by atoms with E-state index in [1.165, 1.54) is 0 Å². The first-order chi connectivity index (χ1) is 12.8. The number of hydrogen-bond donors (Lipinski definition) is 2. The van der Waals surface area contributed by atoms with Crippen molar-refractivity contribution in [1.82, 2.24) is 14.9 Å². The zero-order valence-corrected chi connectivity index (χ0v) is 15.8. The number of benzene rings is 1. The fraction of sp³-hybridized carbons (Fsp3) is 0.400. The monoisotopic (exact) mass is 365 g/mol. The van der Waals surface area contributed by atoms with Crippen molar-refractivity contribution < 1.29 is 9.59 Å². The van der Waals surface area contributed by atoms with Crippen LogP contribution in [0.4, 0.5) is 5.69 Å². The first-order valence-corrected chi connectivity index (χ1v) is 9.02. The van der Waals surface area contributed by atoms with Gasteiger partial charge in [-0.3, -0.25) is 9.59 Å². The average Bonchev–Trinajstić information content (AvgIpc) is 3.01. The minimum Gasteiger partial charge on any atom is -0.345 e. The molecule has 7 nitrogen and oxygen atoms in total. The van der Waals surface area contributed by atoms with E-state index in [-0.39, 0.29) is 28.9 Å². The lowest BCUT2D eigenvalue weighted by Crippen LogP contribution is -2.42. The lowest BCUT2D eigenvalue weighted by Gasteiger charge is -2.22. The normalized spacial score (nSPS) is 13.4. The van der Waals surface area contributed by atoms with E-state index in [0.29, 0.717) is 24.2 Å². The molecule has 0 bridgehead atoms. The zero-order valence-electron chi connectivity index (χ0n) is 15.8. The number of nitrogens with one attached hydrogen (secondary N) is 2. The number of aromatic nitrogens is 2. The van der Waals surface area contributed by atoms with Gasteiger partial charge in [0.1, 0.15) is 0 Å². The van der Waals surface area contributed by atoms with Crippen molar-refractivity contribution in [3.63, 3.8) is 0 Å². The van der Waals surface area contributed by atoms with Gasteiger partial charge in [-0.25, -0.2) is 4.98 Å². The Morgan fingerprint density at radius 2 is 1.85 bits per heavy atom. The second-order valence-corrected chi connectivity index (χ2v) is 7.69. The van der Waals surface area contributed by atoms with Gasteiger partial charge >= 0.3 is 0 Å². The summed E-state index contributed by atoms with van der Waals surface area (Å²) in [7, 11) is 0. The number of nitriles is 1. The summed E-state index contributed by atoms with van der Waals surface area (Å²) < 4.78 is 1.86. The van der Waals surface area contributed by atoms with E-state index in [0.717, 1.165) is 18.5 Å². The predicted molar refractivity (Wildman–Crippen MR) is 101 cm³/mol. The molecule has 1 aromatic carbocycles. The third kappa shape index (κ3) is 4.17. The van der Waals surface area contributed by atoms with Gasteiger partial charge in [0.15, 0.2) is 11.5 Å². The summed E-state index contributed by atoms with van der Waals surface area (Å²) in [5.74, 6) is -0.340. The highest BCUT2D eigenvalue weighted by Gasteiger charge is 2.29. The highest BCUT2D eigenvalue weighted by Crippen LogP contribution is 2.22. The molecule has 2 N–H and O–H groups in total. The molecule has 1 aliphatic rings. The summed E-state index contributed by atoms with van der Waals surface area (Å²) in [5.41, 5.74) is 1.80. The Labute approximate surface area is 158 Å². The molecule has 0 saturated heterocycles. The first-order valence-electron chi connectivity index (χ1n) is 9.02. The van der Waals surface area contributed by atoms with Crippen molar-refractivity contribution in [2.45, 2.75) is 52.1 Å². The van der Waals surface area contributed by atoms with Crippen LogP contribution >= 0.6 is 0 Å². The SMILES string of the molecule is CC(C)(C)NC(=O)c1nc(C(=O)Nc2ccc(C#N)cc2)c2n1CCCC2. The fourth-order valence-electron chi connectivity index (χ4n) is 3.11. The summed E-state index contributed by atoms with van der Waals surface area (Å²) in [4.78, 5) is 29.8. The number of rotatable bonds is 3. The van der Waals surface area contributed by atoms with Crippen molar-refractivity contribution in [2.75, 3.05) is 5.32 Å². The molecule has 0 atom stereocenters. The quantitative estimate of drug-likeness (QED) is 0.873. The molecule has 7 heteroatoms. The third-order valence-corrected chi connectivity index (χ3v) is 4.30. The van der Waals surface area contributed by atoms with E-state index < -0.39 is 0 Å². The number of carbonyl (C=O) groups is 2. The minimum absolute atomic E-state index is 0.275. The number of hydrogen-bond acceptors (Lipinski definition) is 4. The van der Waals surface area contributed by atoms with Crippen LogP contribution in [0, 0.1) is 11.3 Å². The van der Waals surface area contributed by atoms with Crippen LogP contribution in [0.3, 0.4) is 0 Å². The Morgan fingerprint density at radius 1 is 1.15 bits per heavy atom. The minimum atomic E-state index is -0.386. The molecular formula is C20H23N5O2. The van der Waals surface area contributed by atoms with Crippen LogP contribution < -0.4 is 10.6 Å². The molecule has 2 heterocycles. The number of imidazole rings is 1. The molecule has 27 heavy (non-hydrogen) atoms. The molecule has 0 fully saturated rings. The third-order valence-electron chi connectivity index (χ3n) is 4.30. The van der Waals surface area contributed by atoms with Gasteiger partial charge in [0.2, 0.25) is 0 Å².